The number of carboxylic acid groups (broad SMARTS) is 1. The molecule has 0 fully saturated rings. The molecular weight excluding hydrogens is 608 g/mol. The van der Waals surface area contributed by atoms with Gasteiger partial charge in [-0.25, -0.2) is 4.79 Å². The molecule has 0 saturated carbocycles. The van der Waals surface area contributed by atoms with Crippen molar-refractivity contribution < 1.29 is 34.1 Å². The van der Waals surface area contributed by atoms with Crippen molar-refractivity contribution in [2.45, 2.75) is 148 Å². The summed E-state index contributed by atoms with van der Waals surface area (Å²) < 4.78 is 5.84. The van der Waals surface area contributed by atoms with E-state index in [-0.39, 0.29) is 30.9 Å². The molecule has 0 rings (SSSR count). The first-order valence-electron chi connectivity index (χ1n) is 18.2. The van der Waals surface area contributed by atoms with Gasteiger partial charge in [-0.15, -0.1) is 0 Å². The number of carbonyl (C=O) groups excluding carboxylic acids is 3. The number of nitrogens with one attached hydrogen (secondary N) is 2. The van der Waals surface area contributed by atoms with Gasteiger partial charge in [0.25, 0.3) is 0 Å². The zero-order chi connectivity index (χ0) is 35.5. The van der Waals surface area contributed by atoms with E-state index in [4.69, 9.17) is 14.9 Å². The molecule has 0 radical (unpaired) electrons. The summed E-state index contributed by atoms with van der Waals surface area (Å²) in [5.41, 5.74) is 0. The van der Waals surface area contributed by atoms with Crippen molar-refractivity contribution in [2.24, 2.45) is 0 Å². The standard InChI is InChI=1S/C39H64N2O7/c1-3-5-7-9-11-13-14-15-16-17-19-21-27-31-38(45)48-34(28-24-20-18-12-10-8-6-4-2)29-25-22-23-26-30-36(43)40-32-37(44)41-35(33-42)39(46)47/h6-9,12-14,18,24,28,34-35,42H,3-5,10-11,15-17,19-23,25-27,29-33H2,1-2H3,(H,40,43)(H,41,44)(H,46,47)/b8-6-,9-7-,14-13-,18-12-,28-24-. The normalized spacial score (nSPS) is 13.2. The van der Waals surface area contributed by atoms with Crippen LogP contribution in [0.15, 0.2) is 60.8 Å². The van der Waals surface area contributed by atoms with E-state index in [1.807, 2.05) is 12.2 Å². The molecule has 4 N–H and O–H groups in total. The summed E-state index contributed by atoms with van der Waals surface area (Å²) >= 11 is 0. The Hall–Kier alpha value is -3.46. The number of rotatable bonds is 31. The van der Waals surface area contributed by atoms with E-state index < -0.39 is 24.5 Å². The number of unbranched alkanes of at least 4 members (excludes halogenated alkanes) is 9. The van der Waals surface area contributed by atoms with Gasteiger partial charge in [-0.05, 0) is 76.7 Å². The van der Waals surface area contributed by atoms with Crippen molar-refractivity contribution in [3.63, 3.8) is 0 Å². The third kappa shape index (κ3) is 29.9. The largest absolute Gasteiger partial charge is 0.480 e. The molecule has 272 valence electrons. The number of aliphatic carboxylic acids is 1. The highest BCUT2D eigenvalue weighted by molar-refractivity contribution is 5.87. The minimum atomic E-state index is -1.40. The van der Waals surface area contributed by atoms with Crippen molar-refractivity contribution in [1.29, 1.82) is 0 Å². The van der Waals surface area contributed by atoms with Crippen LogP contribution in [0.5, 0.6) is 0 Å². The van der Waals surface area contributed by atoms with Gasteiger partial charge in [-0.1, -0.05) is 107 Å². The van der Waals surface area contributed by atoms with E-state index in [2.05, 4.69) is 73.1 Å². The molecular formula is C39H64N2O7. The third-order valence-electron chi connectivity index (χ3n) is 7.46. The Bertz CT molecular complexity index is 1000. The predicted octanol–water partition coefficient (Wildman–Crippen LogP) is 7.81. The van der Waals surface area contributed by atoms with E-state index in [0.717, 1.165) is 83.5 Å². The number of hydrogen-bond donors (Lipinski definition) is 4. The number of aliphatic hydroxyl groups excluding tert-OH is 1. The average Bonchev–Trinajstić information content (AvgIpc) is 3.07. The molecule has 0 aliphatic rings. The summed E-state index contributed by atoms with van der Waals surface area (Å²) in [6.07, 6.45) is 38.4. The molecule has 0 saturated heterocycles. The quantitative estimate of drug-likeness (QED) is 0.0334. The number of allylic oxidation sites excluding steroid dienone is 9. The Labute approximate surface area is 290 Å². The van der Waals surface area contributed by atoms with Crippen molar-refractivity contribution in [3.05, 3.63) is 60.8 Å². The fourth-order valence-electron chi connectivity index (χ4n) is 4.68. The van der Waals surface area contributed by atoms with Crippen molar-refractivity contribution in [3.8, 4) is 0 Å². The Kier molecular flexibility index (Phi) is 31.0. The van der Waals surface area contributed by atoms with Gasteiger partial charge in [0.15, 0.2) is 0 Å². The van der Waals surface area contributed by atoms with Crippen LogP contribution < -0.4 is 10.6 Å². The van der Waals surface area contributed by atoms with Crippen LogP contribution in [0, 0.1) is 0 Å². The second kappa shape index (κ2) is 33.4. The molecule has 0 aliphatic heterocycles. The minimum Gasteiger partial charge on any atom is -0.480 e. The van der Waals surface area contributed by atoms with Crippen LogP contribution in [0.3, 0.4) is 0 Å². The first-order chi connectivity index (χ1) is 23.3. The maximum absolute atomic E-state index is 12.6. The number of aliphatic hydroxyl groups is 1. The van der Waals surface area contributed by atoms with Crippen molar-refractivity contribution in [1.82, 2.24) is 10.6 Å². The Morgan fingerprint density at radius 3 is 1.92 bits per heavy atom. The summed E-state index contributed by atoms with van der Waals surface area (Å²) in [6.45, 7) is 3.23. The molecule has 0 bridgehead atoms. The van der Waals surface area contributed by atoms with Crippen LogP contribution in [-0.4, -0.2) is 59.3 Å². The Morgan fingerprint density at radius 1 is 0.667 bits per heavy atom. The monoisotopic (exact) mass is 672 g/mol. The van der Waals surface area contributed by atoms with Gasteiger partial charge >= 0.3 is 11.9 Å². The van der Waals surface area contributed by atoms with E-state index in [1.54, 1.807) is 0 Å². The van der Waals surface area contributed by atoms with Gasteiger partial charge in [-0.3, -0.25) is 14.4 Å². The third-order valence-corrected chi connectivity index (χ3v) is 7.46. The van der Waals surface area contributed by atoms with E-state index in [1.165, 1.54) is 19.3 Å². The summed E-state index contributed by atoms with van der Waals surface area (Å²) in [7, 11) is 0. The van der Waals surface area contributed by atoms with Crippen LogP contribution in [0.2, 0.25) is 0 Å². The van der Waals surface area contributed by atoms with Crippen LogP contribution in [0.25, 0.3) is 0 Å². The van der Waals surface area contributed by atoms with Gasteiger partial charge in [0.1, 0.15) is 12.1 Å². The highest BCUT2D eigenvalue weighted by Crippen LogP contribution is 2.14. The molecule has 2 amide bonds. The molecule has 2 unspecified atom stereocenters. The smallest absolute Gasteiger partial charge is 0.328 e. The maximum atomic E-state index is 12.6. The number of carbonyl (C=O) groups is 4. The van der Waals surface area contributed by atoms with Gasteiger partial charge < -0.3 is 25.6 Å². The molecule has 0 aromatic rings. The molecule has 48 heavy (non-hydrogen) atoms. The van der Waals surface area contributed by atoms with E-state index in [0.29, 0.717) is 12.8 Å². The van der Waals surface area contributed by atoms with Crippen molar-refractivity contribution >= 4 is 23.8 Å². The number of esters is 1. The molecule has 0 heterocycles. The van der Waals surface area contributed by atoms with Crippen LogP contribution in [-0.2, 0) is 23.9 Å². The topological polar surface area (TPSA) is 142 Å². The molecule has 0 aromatic carbocycles. The summed E-state index contributed by atoms with van der Waals surface area (Å²) in [5.74, 6) is -2.47. The highest BCUT2D eigenvalue weighted by Gasteiger charge is 2.18. The first-order valence-corrected chi connectivity index (χ1v) is 18.2. The van der Waals surface area contributed by atoms with E-state index >= 15 is 0 Å². The Balaban J connectivity index is 4.40. The van der Waals surface area contributed by atoms with Gasteiger partial charge in [0, 0.05) is 12.8 Å². The van der Waals surface area contributed by atoms with Crippen molar-refractivity contribution in [2.75, 3.05) is 13.2 Å². The lowest BCUT2D eigenvalue weighted by Crippen LogP contribution is -2.47. The number of carboxylic acids is 1. The zero-order valence-corrected chi connectivity index (χ0v) is 29.7. The summed E-state index contributed by atoms with van der Waals surface area (Å²) in [4.78, 5) is 47.3. The molecule has 0 spiro atoms. The Morgan fingerprint density at radius 2 is 1.25 bits per heavy atom. The van der Waals surface area contributed by atoms with E-state index in [9.17, 15) is 19.2 Å². The lowest BCUT2D eigenvalue weighted by Gasteiger charge is -2.15. The van der Waals surface area contributed by atoms with Gasteiger partial charge in [0.2, 0.25) is 11.8 Å². The minimum absolute atomic E-state index is 0.154. The SMILES string of the molecule is CC/C=C\C/C=C\C/C=C\C(CCCCCCC(=O)NCC(=O)NC(CO)C(=O)O)OC(=O)CCCCCCC/C=C\C/C=C\CCC. The molecule has 9 heteroatoms. The fourth-order valence-corrected chi connectivity index (χ4v) is 4.68. The van der Waals surface area contributed by atoms with Crippen LogP contribution in [0.4, 0.5) is 0 Å². The summed E-state index contributed by atoms with van der Waals surface area (Å²) in [5, 5.41) is 22.4. The fraction of sp³-hybridized carbons (Fsp3) is 0.641. The zero-order valence-electron chi connectivity index (χ0n) is 29.7. The number of hydrogen-bond acceptors (Lipinski definition) is 6. The lowest BCUT2D eigenvalue weighted by molar-refractivity contribution is -0.147. The molecule has 0 aromatic heterocycles. The number of amides is 2. The number of ether oxygens (including phenoxy) is 1. The molecule has 0 aliphatic carbocycles. The van der Waals surface area contributed by atoms with Gasteiger partial charge in [0.05, 0.1) is 13.2 Å². The second-order valence-electron chi connectivity index (χ2n) is 11.9. The van der Waals surface area contributed by atoms with Crippen LogP contribution in [0.1, 0.15) is 136 Å². The molecule has 9 nitrogen and oxygen atoms in total. The average molecular weight is 673 g/mol. The molecule has 2 atom stereocenters. The summed E-state index contributed by atoms with van der Waals surface area (Å²) in [6, 6.07) is -1.40. The van der Waals surface area contributed by atoms with Crippen LogP contribution >= 0.6 is 0 Å². The first kappa shape index (κ1) is 44.5. The highest BCUT2D eigenvalue weighted by atomic mass is 16.5. The maximum Gasteiger partial charge on any atom is 0.328 e. The van der Waals surface area contributed by atoms with Gasteiger partial charge in [-0.2, -0.15) is 0 Å². The second-order valence-corrected chi connectivity index (χ2v) is 11.9. The lowest BCUT2D eigenvalue weighted by atomic mass is 10.1. The predicted molar refractivity (Wildman–Crippen MR) is 194 cm³/mol.